The first-order valence-corrected chi connectivity index (χ1v) is 8.35. The Morgan fingerprint density at radius 3 is 2.92 bits per heavy atom. The number of urea groups is 1. The SMILES string of the molecule is NC(=O)NCC(=O)N1CCCC(c2nccn2Cc2ccccn2)C1. The minimum Gasteiger partial charge on any atom is -0.352 e. The van der Waals surface area contributed by atoms with Gasteiger partial charge < -0.3 is 20.5 Å². The Morgan fingerprint density at radius 1 is 1.28 bits per heavy atom. The molecule has 2 aromatic heterocycles. The van der Waals surface area contributed by atoms with Crippen LogP contribution in [0.2, 0.25) is 0 Å². The van der Waals surface area contributed by atoms with E-state index in [0.29, 0.717) is 19.6 Å². The topological polar surface area (TPSA) is 106 Å². The highest BCUT2D eigenvalue weighted by atomic mass is 16.2. The molecule has 1 aliphatic heterocycles. The summed E-state index contributed by atoms with van der Waals surface area (Å²) >= 11 is 0. The van der Waals surface area contributed by atoms with Crippen LogP contribution in [0.25, 0.3) is 0 Å². The quantitative estimate of drug-likeness (QED) is 0.834. The molecule has 1 saturated heterocycles. The van der Waals surface area contributed by atoms with E-state index in [-0.39, 0.29) is 18.4 Å². The van der Waals surface area contributed by atoms with Crippen LogP contribution in [0.3, 0.4) is 0 Å². The van der Waals surface area contributed by atoms with Crippen molar-refractivity contribution in [1.29, 1.82) is 0 Å². The number of likely N-dealkylation sites (tertiary alicyclic amines) is 1. The summed E-state index contributed by atoms with van der Waals surface area (Å²) in [7, 11) is 0. The maximum atomic E-state index is 12.2. The van der Waals surface area contributed by atoms with Gasteiger partial charge in [0.25, 0.3) is 0 Å². The van der Waals surface area contributed by atoms with Crippen molar-refractivity contribution in [3.05, 3.63) is 48.3 Å². The number of nitrogens with one attached hydrogen (secondary N) is 1. The van der Waals surface area contributed by atoms with Crippen molar-refractivity contribution in [3.63, 3.8) is 0 Å². The zero-order chi connectivity index (χ0) is 17.6. The summed E-state index contributed by atoms with van der Waals surface area (Å²) in [6, 6.07) is 5.15. The predicted molar refractivity (Wildman–Crippen MR) is 91.7 cm³/mol. The molecule has 1 unspecified atom stereocenters. The molecule has 3 N–H and O–H groups in total. The van der Waals surface area contributed by atoms with E-state index in [1.165, 1.54) is 0 Å². The van der Waals surface area contributed by atoms with Crippen LogP contribution in [-0.2, 0) is 11.3 Å². The van der Waals surface area contributed by atoms with Gasteiger partial charge in [-0.15, -0.1) is 0 Å². The molecule has 0 bridgehead atoms. The van der Waals surface area contributed by atoms with Gasteiger partial charge in [-0.1, -0.05) is 6.07 Å². The second-order valence-corrected chi connectivity index (χ2v) is 6.13. The summed E-state index contributed by atoms with van der Waals surface area (Å²) in [6.45, 7) is 1.88. The summed E-state index contributed by atoms with van der Waals surface area (Å²) in [4.78, 5) is 33.6. The molecule has 1 atom stereocenters. The van der Waals surface area contributed by atoms with E-state index in [4.69, 9.17) is 5.73 Å². The number of hydrogen-bond acceptors (Lipinski definition) is 4. The first-order valence-electron chi connectivity index (χ1n) is 8.35. The molecule has 1 fully saturated rings. The first kappa shape index (κ1) is 16.9. The highest BCUT2D eigenvalue weighted by molar-refractivity contribution is 5.83. The minimum absolute atomic E-state index is 0.0651. The van der Waals surface area contributed by atoms with E-state index >= 15 is 0 Å². The fourth-order valence-electron chi connectivity index (χ4n) is 3.17. The number of rotatable bonds is 5. The molecule has 1 aliphatic rings. The average Bonchev–Trinajstić information content (AvgIpc) is 3.08. The van der Waals surface area contributed by atoms with Crippen LogP contribution in [0.5, 0.6) is 0 Å². The monoisotopic (exact) mass is 342 g/mol. The molecule has 8 heteroatoms. The van der Waals surface area contributed by atoms with Gasteiger partial charge in [0, 0.05) is 37.6 Å². The Morgan fingerprint density at radius 2 is 2.16 bits per heavy atom. The van der Waals surface area contributed by atoms with E-state index < -0.39 is 6.03 Å². The maximum Gasteiger partial charge on any atom is 0.312 e. The van der Waals surface area contributed by atoms with Crippen LogP contribution < -0.4 is 11.1 Å². The standard InChI is InChI=1S/C17H22N6O2/c18-17(25)21-10-15(24)22-8-3-4-13(11-22)16-20-7-9-23(16)12-14-5-1-2-6-19-14/h1-2,5-7,9,13H,3-4,8,10-12H2,(H3,18,21,25). The lowest BCUT2D eigenvalue weighted by molar-refractivity contribution is -0.131. The molecule has 0 radical (unpaired) electrons. The summed E-state index contributed by atoms with van der Waals surface area (Å²) < 4.78 is 2.09. The molecule has 132 valence electrons. The third kappa shape index (κ3) is 4.34. The molecular formula is C17H22N6O2. The molecule has 0 aliphatic carbocycles. The van der Waals surface area contributed by atoms with Crippen LogP contribution in [0.15, 0.2) is 36.8 Å². The van der Waals surface area contributed by atoms with E-state index in [0.717, 1.165) is 24.4 Å². The largest absolute Gasteiger partial charge is 0.352 e. The number of imidazole rings is 1. The maximum absolute atomic E-state index is 12.2. The zero-order valence-electron chi connectivity index (χ0n) is 14.0. The average molecular weight is 342 g/mol. The number of carbonyl (C=O) groups excluding carboxylic acids is 2. The molecule has 3 rings (SSSR count). The molecule has 3 amide bonds. The van der Waals surface area contributed by atoms with Gasteiger partial charge in [-0.05, 0) is 25.0 Å². The smallest absolute Gasteiger partial charge is 0.312 e. The summed E-state index contributed by atoms with van der Waals surface area (Å²) in [5.41, 5.74) is 6.00. The molecular weight excluding hydrogens is 320 g/mol. The van der Waals surface area contributed by atoms with Gasteiger partial charge in [-0.25, -0.2) is 9.78 Å². The summed E-state index contributed by atoms with van der Waals surface area (Å²) in [5, 5.41) is 2.35. The Hall–Kier alpha value is -2.90. The molecule has 0 spiro atoms. The fourth-order valence-corrected chi connectivity index (χ4v) is 3.17. The number of piperidine rings is 1. The van der Waals surface area contributed by atoms with Crippen molar-refractivity contribution >= 4 is 11.9 Å². The lowest BCUT2D eigenvalue weighted by atomic mass is 9.97. The van der Waals surface area contributed by atoms with Gasteiger partial charge in [0.15, 0.2) is 0 Å². The van der Waals surface area contributed by atoms with E-state index in [1.54, 1.807) is 17.3 Å². The number of nitrogens with zero attached hydrogens (tertiary/aromatic N) is 4. The van der Waals surface area contributed by atoms with Crippen molar-refractivity contribution < 1.29 is 9.59 Å². The Balaban J connectivity index is 1.67. The van der Waals surface area contributed by atoms with Crippen molar-refractivity contribution in [2.45, 2.75) is 25.3 Å². The summed E-state index contributed by atoms with van der Waals surface area (Å²) in [5.74, 6) is 1.02. The zero-order valence-corrected chi connectivity index (χ0v) is 14.0. The third-order valence-electron chi connectivity index (χ3n) is 4.36. The number of primary amides is 1. The van der Waals surface area contributed by atoms with Gasteiger partial charge in [0.1, 0.15) is 5.82 Å². The highest BCUT2D eigenvalue weighted by Gasteiger charge is 2.27. The second-order valence-electron chi connectivity index (χ2n) is 6.13. The van der Waals surface area contributed by atoms with E-state index in [1.807, 2.05) is 24.4 Å². The van der Waals surface area contributed by atoms with Crippen LogP contribution in [0.1, 0.15) is 30.3 Å². The molecule has 0 aromatic carbocycles. The number of aromatic nitrogens is 3. The number of nitrogens with two attached hydrogens (primary N) is 1. The molecule has 8 nitrogen and oxygen atoms in total. The number of pyridine rings is 1. The molecule has 3 heterocycles. The van der Waals surface area contributed by atoms with E-state index in [9.17, 15) is 9.59 Å². The van der Waals surface area contributed by atoms with E-state index in [2.05, 4.69) is 19.9 Å². The fraction of sp³-hybridized carbons (Fsp3) is 0.412. The van der Waals surface area contributed by atoms with Gasteiger partial charge in [-0.2, -0.15) is 0 Å². The predicted octanol–water partition coefficient (Wildman–Crippen LogP) is 0.701. The van der Waals surface area contributed by atoms with Crippen molar-refractivity contribution in [2.24, 2.45) is 5.73 Å². The van der Waals surface area contributed by atoms with Crippen molar-refractivity contribution in [2.75, 3.05) is 19.6 Å². The lowest BCUT2D eigenvalue weighted by Gasteiger charge is -2.32. The number of amides is 3. The van der Waals surface area contributed by atoms with Gasteiger partial charge >= 0.3 is 6.03 Å². The molecule has 2 aromatic rings. The van der Waals surface area contributed by atoms with Gasteiger partial charge in [-0.3, -0.25) is 9.78 Å². The minimum atomic E-state index is -0.687. The van der Waals surface area contributed by atoms with Crippen LogP contribution in [0, 0.1) is 0 Å². The van der Waals surface area contributed by atoms with Crippen LogP contribution >= 0.6 is 0 Å². The normalized spacial score (nSPS) is 17.3. The van der Waals surface area contributed by atoms with Crippen LogP contribution in [0.4, 0.5) is 4.79 Å². The number of carbonyl (C=O) groups is 2. The van der Waals surface area contributed by atoms with Crippen LogP contribution in [-0.4, -0.2) is 51.0 Å². The first-order chi connectivity index (χ1) is 12.1. The Labute approximate surface area is 146 Å². The van der Waals surface area contributed by atoms with Gasteiger partial charge in [0.05, 0.1) is 18.8 Å². The second kappa shape index (κ2) is 7.78. The Bertz CT molecular complexity index is 730. The Kier molecular flexibility index (Phi) is 5.27. The van der Waals surface area contributed by atoms with Gasteiger partial charge in [0.2, 0.25) is 5.91 Å². The number of hydrogen-bond donors (Lipinski definition) is 2. The van der Waals surface area contributed by atoms with Crippen molar-refractivity contribution in [1.82, 2.24) is 24.8 Å². The van der Waals surface area contributed by atoms with Crippen molar-refractivity contribution in [3.8, 4) is 0 Å². The summed E-state index contributed by atoms with van der Waals surface area (Å²) in [6.07, 6.45) is 7.39. The highest BCUT2D eigenvalue weighted by Crippen LogP contribution is 2.26. The lowest BCUT2D eigenvalue weighted by Crippen LogP contribution is -2.45. The third-order valence-corrected chi connectivity index (χ3v) is 4.36. The molecule has 25 heavy (non-hydrogen) atoms. The molecule has 0 saturated carbocycles.